The van der Waals surface area contributed by atoms with Crippen molar-refractivity contribution in [2.24, 2.45) is 0 Å². The number of aromatic amines is 2. The van der Waals surface area contributed by atoms with Gasteiger partial charge in [-0.25, -0.2) is 0 Å². The molecule has 28 heavy (non-hydrogen) atoms. The monoisotopic (exact) mass is 384 g/mol. The van der Waals surface area contributed by atoms with Gasteiger partial charge < -0.3 is 24.9 Å². The zero-order valence-corrected chi connectivity index (χ0v) is 17.4. The molecule has 1 saturated heterocycles. The molecule has 1 aliphatic rings. The number of anilines is 1. The van der Waals surface area contributed by atoms with Crippen molar-refractivity contribution in [1.82, 2.24) is 15.3 Å². The molecule has 1 fully saturated rings. The third-order valence-electron chi connectivity index (χ3n) is 5.67. The van der Waals surface area contributed by atoms with Gasteiger partial charge in [-0.3, -0.25) is 4.79 Å². The molecule has 1 aliphatic heterocycles. The van der Waals surface area contributed by atoms with Gasteiger partial charge in [0, 0.05) is 49.8 Å². The van der Waals surface area contributed by atoms with E-state index in [1.807, 2.05) is 19.9 Å². The second kappa shape index (κ2) is 8.69. The SMILES string of the molecule is C=C(NCc1c(C)cc(C)[nH]c1=O)c1[nH]cc(N(CC)C2CCOCC2)c1C. The van der Waals surface area contributed by atoms with Gasteiger partial charge in [0.05, 0.1) is 17.1 Å². The van der Waals surface area contributed by atoms with Crippen LogP contribution < -0.4 is 15.8 Å². The van der Waals surface area contributed by atoms with E-state index in [2.05, 4.69) is 46.8 Å². The molecule has 152 valence electrons. The minimum Gasteiger partial charge on any atom is -0.381 e. The van der Waals surface area contributed by atoms with Crippen molar-refractivity contribution < 1.29 is 4.74 Å². The fraction of sp³-hybridized carbons (Fsp3) is 0.500. The first-order valence-corrected chi connectivity index (χ1v) is 10.1. The van der Waals surface area contributed by atoms with E-state index in [9.17, 15) is 4.79 Å². The van der Waals surface area contributed by atoms with Gasteiger partial charge in [-0.2, -0.15) is 0 Å². The zero-order valence-electron chi connectivity index (χ0n) is 17.4. The molecule has 0 aromatic carbocycles. The molecule has 0 saturated carbocycles. The minimum atomic E-state index is -0.0432. The average molecular weight is 385 g/mol. The maximum atomic E-state index is 12.2. The number of aromatic nitrogens is 2. The van der Waals surface area contributed by atoms with Crippen LogP contribution in [-0.4, -0.2) is 35.8 Å². The first kappa shape index (κ1) is 20.3. The summed E-state index contributed by atoms with van der Waals surface area (Å²) in [5.74, 6) is 0. The van der Waals surface area contributed by atoms with Crippen molar-refractivity contribution in [1.29, 1.82) is 0 Å². The van der Waals surface area contributed by atoms with Crippen molar-refractivity contribution in [3.8, 4) is 0 Å². The first-order chi connectivity index (χ1) is 13.4. The van der Waals surface area contributed by atoms with E-state index >= 15 is 0 Å². The Kier molecular flexibility index (Phi) is 6.29. The molecule has 0 spiro atoms. The van der Waals surface area contributed by atoms with E-state index in [0.29, 0.717) is 12.6 Å². The number of hydrogen-bond acceptors (Lipinski definition) is 4. The van der Waals surface area contributed by atoms with Gasteiger partial charge in [0.15, 0.2) is 0 Å². The zero-order chi connectivity index (χ0) is 20.3. The lowest BCUT2D eigenvalue weighted by Gasteiger charge is -2.35. The first-order valence-electron chi connectivity index (χ1n) is 10.1. The van der Waals surface area contributed by atoms with E-state index in [0.717, 1.165) is 60.8 Å². The van der Waals surface area contributed by atoms with Crippen molar-refractivity contribution in [2.75, 3.05) is 24.7 Å². The molecule has 6 nitrogen and oxygen atoms in total. The predicted octanol–water partition coefficient (Wildman–Crippen LogP) is 3.39. The maximum absolute atomic E-state index is 12.2. The average Bonchev–Trinajstić information content (AvgIpc) is 3.04. The van der Waals surface area contributed by atoms with Gasteiger partial charge in [-0.05, 0) is 57.7 Å². The Morgan fingerprint density at radius 2 is 2.04 bits per heavy atom. The van der Waals surface area contributed by atoms with Crippen LogP contribution in [0.1, 0.15) is 47.8 Å². The molecule has 2 aromatic rings. The highest BCUT2D eigenvalue weighted by Crippen LogP contribution is 2.30. The number of pyridine rings is 1. The summed E-state index contributed by atoms with van der Waals surface area (Å²) < 4.78 is 5.52. The quantitative estimate of drug-likeness (QED) is 0.684. The molecule has 0 aliphatic carbocycles. The number of ether oxygens (including phenoxy) is 1. The van der Waals surface area contributed by atoms with Crippen molar-refractivity contribution in [3.63, 3.8) is 0 Å². The number of nitrogens with zero attached hydrogens (tertiary/aromatic N) is 1. The Hall–Kier alpha value is -2.47. The molecule has 0 unspecified atom stereocenters. The van der Waals surface area contributed by atoms with Gasteiger partial charge in [-0.1, -0.05) is 6.58 Å². The second-order valence-electron chi connectivity index (χ2n) is 7.58. The standard InChI is InChI=1S/C22H32N4O2/c1-6-26(18-7-9-28-10-8-18)20-13-24-21(16(20)4)17(5)23-12-19-14(2)11-15(3)25-22(19)27/h11,13,18,23-24H,5-10,12H2,1-4H3,(H,25,27). The van der Waals surface area contributed by atoms with Crippen LogP contribution >= 0.6 is 0 Å². The lowest BCUT2D eigenvalue weighted by Crippen LogP contribution is -2.39. The van der Waals surface area contributed by atoms with Crippen LogP contribution in [0.25, 0.3) is 5.70 Å². The number of hydrogen-bond donors (Lipinski definition) is 3. The maximum Gasteiger partial charge on any atom is 0.253 e. The highest BCUT2D eigenvalue weighted by molar-refractivity contribution is 5.69. The largest absolute Gasteiger partial charge is 0.381 e. The Balaban J connectivity index is 1.74. The molecule has 3 rings (SSSR count). The summed E-state index contributed by atoms with van der Waals surface area (Å²) in [7, 11) is 0. The van der Waals surface area contributed by atoms with E-state index < -0.39 is 0 Å². The summed E-state index contributed by atoms with van der Waals surface area (Å²) in [6, 6.07) is 2.50. The van der Waals surface area contributed by atoms with Crippen molar-refractivity contribution >= 4 is 11.4 Å². The van der Waals surface area contributed by atoms with Crippen LogP contribution in [0, 0.1) is 20.8 Å². The van der Waals surface area contributed by atoms with E-state index in [-0.39, 0.29) is 5.56 Å². The van der Waals surface area contributed by atoms with Gasteiger partial charge >= 0.3 is 0 Å². The summed E-state index contributed by atoms with van der Waals surface area (Å²) in [5.41, 5.74) is 6.75. The predicted molar refractivity (Wildman–Crippen MR) is 115 cm³/mol. The number of nitrogens with one attached hydrogen (secondary N) is 3. The topological polar surface area (TPSA) is 73.2 Å². The summed E-state index contributed by atoms with van der Waals surface area (Å²) >= 11 is 0. The third kappa shape index (κ3) is 4.17. The van der Waals surface area contributed by atoms with E-state index in [4.69, 9.17) is 4.74 Å². The molecule has 0 bridgehead atoms. The van der Waals surface area contributed by atoms with Crippen LogP contribution in [0.3, 0.4) is 0 Å². The molecule has 2 aromatic heterocycles. The number of rotatable bonds is 7. The lowest BCUT2D eigenvalue weighted by molar-refractivity contribution is 0.0846. The molecule has 3 heterocycles. The smallest absolute Gasteiger partial charge is 0.253 e. The van der Waals surface area contributed by atoms with Crippen LogP contribution in [0.15, 0.2) is 23.6 Å². The van der Waals surface area contributed by atoms with Crippen LogP contribution in [0.2, 0.25) is 0 Å². The summed E-state index contributed by atoms with van der Waals surface area (Å²) in [4.78, 5) is 20.9. The number of H-pyrrole nitrogens is 2. The van der Waals surface area contributed by atoms with E-state index in [1.54, 1.807) is 0 Å². The van der Waals surface area contributed by atoms with Crippen LogP contribution in [-0.2, 0) is 11.3 Å². The fourth-order valence-corrected chi connectivity index (χ4v) is 4.10. The highest BCUT2D eigenvalue weighted by Gasteiger charge is 2.23. The summed E-state index contributed by atoms with van der Waals surface area (Å²) in [6.45, 7) is 15.4. The van der Waals surface area contributed by atoms with Gasteiger partial charge in [0.2, 0.25) is 0 Å². The van der Waals surface area contributed by atoms with E-state index in [1.165, 1.54) is 11.3 Å². The molecule has 0 amide bonds. The molecular weight excluding hydrogens is 352 g/mol. The Morgan fingerprint density at radius 3 is 2.68 bits per heavy atom. The second-order valence-corrected chi connectivity index (χ2v) is 7.58. The number of aryl methyl sites for hydroxylation is 2. The van der Waals surface area contributed by atoms with Gasteiger partial charge in [0.25, 0.3) is 5.56 Å². The molecule has 3 N–H and O–H groups in total. The van der Waals surface area contributed by atoms with Gasteiger partial charge in [-0.15, -0.1) is 0 Å². The van der Waals surface area contributed by atoms with Crippen molar-refractivity contribution in [3.05, 3.63) is 57.3 Å². The highest BCUT2D eigenvalue weighted by atomic mass is 16.5. The summed E-state index contributed by atoms with van der Waals surface area (Å²) in [6.07, 6.45) is 4.19. The lowest BCUT2D eigenvalue weighted by atomic mass is 10.1. The third-order valence-corrected chi connectivity index (χ3v) is 5.67. The Bertz CT molecular complexity index is 890. The normalized spacial score (nSPS) is 14.9. The van der Waals surface area contributed by atoms with Crippen molar-refractivity contribution in [2.45, 2.75) is 53.1 Å². The minimum absolute atomic E-state index is 0.0432. The van der Waals surface area contributed by atoms with Crippen LogP contribution in [0.5, 0.6) is 0 Å². The molecule has 0 atom stereocenters. The van der Waals surface area contributed by atoms with Gasteiger partial charge in [0.1, 0.15) is 0 Å². The summed E-state index contributed by atoms with van der Waals surface area (Å²) in [5, 5.41) is 3.32. The fourth-order valence-electron chi connectivity index (χ4n) is 4.10. The molecular formula is C22H32N4O2. The Morgan fingerprint density at radius 1 is 1.32 bits per heavy atom. The molecule has 0 radical (unpaired) electrons. The Labute approximate surface area is 167 Å². The van der Waals surface area contributed by atoms with Crippen LogP contribution in [0.4, 0.5) is 5.69 Å². The molecule has 6 heteroatoms.